The molecule has 0 aliphatic carbocycles. The van der Waals surface area contributed by atoms with Crippen molar-refractivity contribution >= 4 is 27.7 Å². The van der Waals surface area contributed by atoms with Gasteiger partial charge in [0.1, 0.15) is 11.4 Å². The monoisotopic (exact) mass is 314 g/mol. The predicted molar refractivity (Wildman–Crippen MR) is 84.7 cm³/mol. The van der Waals surface area contributed by atoms with Gasteiger partial charge in [-0.05, 0) is 17.7 Å². The normalized spacial score (nSPS) is 10.7. The number of fused-ring (bicyclic) bond motifs is 1. The van der Waals surface area contributed by atoms with Gasteiger partial charge in [-0.2, -0.15) is 0 Å². The van der Waals surface area contributed by atoms with Crippen molar-refractivity contribution in [2.24, 2.45) is 0 Å². The number of nitrogens with zero attached hydrogens (tertiary/aromatic N) is 2. The molecule has 0 amide bonds. The van der Waals surface area contributed by atoms with Crippen LogP contribution in [0.5, 0.6) is 0 Å². The number of aryl methyl sites for hydroxylation is 1. The number of hydrogen-bond acceptors (Lipinski definition) is 5. The largest absolute Gasteiger partial charge is 0.461 e. The van der Waals surface area contributed by atoms with Gasteiger partial charge in [-0.3, -0.25) is 14.2 Å². The van der Waals surface area contributed by atoms with Crippen LogP contribution in [-0.2, 0) is 22.7 Å². The fourth-order valence-corrected chi connectivity index (χ4v) is 2.99. The first-order chi connectivity index (χ1) is 10.7. The first kappa shape index (κ1) is 14.5. The van der Waals surface area contributed by atoms with Gasteiger partial charge in [-0.1, -0.05) is 41.7 Å². The topological polar surface area (TPSA) is 61.2 Å². The lowest BCUT2D eigenvalue weighted by Crippen LogP contribution is -2.16. The van der Waals surface area contributed by atoms with Gasteiger partial charge in [0.2, 0.25) is 0 Å². The van der Waals surface area contributed by atoms with Crippen molar-refractivity contribution in [3.63, 3.8) is 0 Å². The van der Waals surface area contributed by atoms with Crippen LogP contribution in [0.4, 0.5) is 0 Å². The second kappa shape index (κ2) is 6.53. The van der Waals surface area contributed by atoms with E-state index in [2.05, 4.69) is 4.98 Å². The Morgan fingerprint density at radius 3 is 2.82 bits per heavy atom. The van der Waals surface area contributed by atoms with Crippen LogP contribution in [0.15, 0.2) is 53.5 Å². The maximum atomic E-state index is 11.9. The Morgan fingerprint density at radius 2 is 2.00 bits per heavy atom. The Morgan fingerprint density at radius 1 is 1.18 bits per heavy atom. The Balaban J connectivity index is 1.61. The minimum Gasteiger partial charge on any atom is -0.461 e. The summed E-state index contributed by atoms with van der Waals surface area (Å²) < 4.78 is 6.78. The number of esters is 1. The lowest BCUT2D eigenvalue weighted by atomic mass is 10.2. The van der Waals surface area contributed by atoms with Crippen molar-refractivity contribution in [2.45, 2.75) is 19.6 Å². The Bertz CT molecular complexity index is 839. The van der Waals surface area contributed by atoms with E-state index in [1.165, 1.54) is 0 Å². The number of rotatable bonds is 5. The lowest BCUT2D eigenvalue weighted by Gasteiger charge is -2.06. The standard InChI is InChI=1S/C16H14N2O3S/c19-14(21-11-12-5-2-1-3-6-12)8-10-18-13-7-4-9-17-15(13)22-16(18)20/h1-7,9H,8,10-11H2. The molecule has 0 unspecified atom stereocenters. The van der Waals surface area contributed by atoms with E-state index in [4.69, 9.17) is 4.74 Å². The summed E-state index contributed by atoms with van der Waals surface area (Å²) >= 11 is 1.08. The molecule has 5 nitrogen and oxygen atoms in total. The summed E-state index contributed by atoms with van der Waals surface area (Å²) in [6.45, 7) is 0.554. The fourth-order valence-electron chi connectivity index (χ4n) is 2.13. The smallest absolute Gasteiger partial charge is 0.309 e. The van der Waals surface area contributed by atoms with Crippen molar-refractivity contribution in [2.75, 3.05) is 0 Å². The van der Waals surface area contributed by atoms with Crippen LogP contribution in [0.1, 0.15) is 12.0 Å². The molecule has 0 radical (unpaired) electrons. The summed E-state index contributed by atoms with van der Waals surface area (Å²) in [6, 6.07) is 13.1. The summed E-state index contributed by atoms with van der Waals surface area (Å²) in [7, 11) is 0. The molecule has 0 saturated heterocycles. The van der Waals surface area contributed by atoms with Gasteiger partial charge >= 0.3 is 10.8 Å². The fraction of sp³-hybridized carbons (Fsp3) is 0.188. The third-order valence-electron chi connectivity index (χ3n) is 3.23. The SMILES string of the molecule is O=C(CCn1c(=O)sc2ncccc21)OCc1ccccc1. The average molecular weight is 314 g/mol. The van der Waals surface area contributed by atoms with Gasteiger partial charge in [0.15, 0.2) is 0 Å². The zero-order valence-corrected chi connectivity index (χ0v) is 12.6. The molecule has 0 aliphatic heterocycles. The molecule has 0 saturated carbocycles. The highest BCUT2D eigenvalue weighted by Gasteiger charge is 2.10. The first-order valence-electron chi connectivity index (χ1n) is 6.88. The number of carbonyl (C=O) groups is 1. The number of carbonyl (C=O) groups excluding carboxylic acids is 1. The van der Waals surface area contributed by atoms with Crippen LogP contribution >= 0.6 is 11.3 Å². The lowest BCUT2D eigenvalue weighted by molar-refractivity contribution is -0.145. The van der Waals surface area contributed by atoms with Crippen molar-refractivity contribution < 1.29 is 9.53 Å². The summed E-state index contributed by atoms with van der Waals surface area (Å²) in [4.78, 5) is 28.5. The maximum absolute atomic E-state index is 11.9. The molecular weight excluding hydrogens is 300 g/mol. The molecule has 3 rings (SSSR count). The van der Waals surface area contributed by atoms with Crippen molar-refractivity contribution in [1.82, 2.24) is 9.55 Å². The Labute approximate surface area is 130 Å². The van der Waals surface area contributed by atoms with E-state index in [0.717, 1.165) is 22.4 Å². The van der Waals surface area contributed by atoms with E-state index in [0.29, 0.717) is 11.4 Å². The van der Waals surface area contributed by atoms with Crippen molar-refractivity contribution in [3.8, 4) is 0 Å². The van der Waals surface area contributed by atoms with Gasteiger partial charge in [0.05, 0.1) is 11.9 Å². The number of thiazole rings is 1. The maximum Gasteiger partial charge on any atom is 0.309 e. The Hall–Kier alpha value is -2.47. The van der Waals surface area contributed by atoms with E-state index >= 15 is 0 Å². The molecule has 0 fully saturated rings. The third-order valence-corrected chi connectivity index (χ3v) is 4.13. The first-order valence-corrected chi connectivity index (χ1v) is 7.69. The molecule has 3 aromatic rings. The molecule has 22 heavy (non-hydrogen) atoms. The molecule has 112 valence electrons. The number of aromatic nitrogens is 2. The molecule has 0 atom stereocenters. The van der Waals surface area contributed by atoms with Crippen LogP contribution in [0.3, 0.4) is 0 Å². The van der Waals surface area contributed by atoms with Gasteiger partial charge in [-0.25, -0.2) is 4.98 Å². The molecule has 6 heteroatoms. The van der Waals surface area contributed by atoms with E-state index in [1.807, 2.05) is 36.4 Å². The van der Waals surface area contributed by atoms with Crippen LogP contribution < -0.4 is 4.87 Å². The number of hydrogen-bond donors (Lipinski definition) is 0. The minimum absolute atomic E-state index is 0.107. The predicted octanol–water partition coefficient (Wildman–Crippen LogP) is 2.59. The number of ether oxygens (including phenoxy) is 1. The van der Waals surface area contributed by atoms with E-state index in [1.54, 1.807) is 16.8 Å². The number of pyridine rings is 1. The quantitative estimate of drug-likeness (QED) is 0.679. The Kier molecular flexibility index (Phi) is 4.29. The van der Waals surface area contributed by atoms with Crippen molar-refractivity contribution in [1.29, 1.82) is 0 Å². The number of benzene rings is 1. The van der Waals surface area contributed by atoms with Crippen LogP contribution in [0.2, 0.25) is 0 Å². The van der Waals surface area contributed by atoms with E-state index in [9.17, 15) is 9.59 Å². The molecule has 1 aromatic carbocycles. The highest BCUT2D eigenvalue weighted by atomic mass is 32.1. The second-order valence-corrected chi connectivity index (χ2v) is 5.68. The molecule has 0 aliphatic rings. The molecule has 0 N–H and O–H groups in total. The molecule has 2 aromatic heterocycles. The summed E-state index contributed by atoms with van der Waals surface area (Å²) in [5.41, 5.74) is 1.70. The zero-order chi connectivity index (χ0) is 15.4. The third kappa shape index (κ3) is 3.23. The van der Waals surface area contributed by atoms with Gasteiger partial charge < -0.3 is 4.74 Å². The summed E-state index contributed by atoms with van der Waals surface area (Å²) in [5, 5.41) is 0. The highest BCUT2D eigenvalue weighted by Crippen LogP contribution is 2.14. The van der Waals surface area contributed by atoms with Gasteiger partial charge in [0, 0.05) is 12.7 Å². The van der Waals surface area contributed by atoms with Crippen LogP contribution in [0, 0.1) is 0 Å². The zero-order valence-electron chi connectivity index (χ0n) is 11.8. The minimum atomic E-state index is -0.320. The molecule has 0 bridgehead atoms. The average Bonchev–Trinajstić information content (AvgIpc) is 2.87. The molecular formula is C16H14N2O3S. The highest BCUT2D eigenvalue weighted by molar-refractivity contribution is 7.15. The van der Waals surface area contributed by atoms with Crippen molar-refractivity contribution in [3.05, 3.63) is 63.9 Å². The van der Waals surface area contributed by atoms with Gasteiger partial charge in [0.25, 0.3) is 0 Å². The van der Waals surface area contributed by atoms with Crippen LogP contribution in [0.25, 0.3) is 10.3 Å². The van der Waals surface area contributed by atoms with Crippen LogP contribution in [-0.4, -0.2) is 15.5 Å². The molecule has 0 spiro atoms. The second-order valence-electron chi connectivity index (χ2n) is 4.74. The molecule has 2 heterocycles. The summed E-state index contributed by atoms with van der Waals surface area (Å²) in [6.07, 6.45) is 1.81. The summed E-state index contributed by atoms with van der Waals surface area (Å²) in [5.74, 6) is -0.320. The van der Waals surface area contributed by atoms with Gasteiger partial charge in [-0.15, -0.1) is 0 Å². The van der Waals surface area contributed by atoms with E-state index < -0.39 is 0 Å². The van der Waals surface area contributed by atoms with E-state index in [-0.39, 0.29) is 23.9 Å².